The third kappa shape index (κ3) is 5.28. The fraction of sp³-hybridized carbons (Fsp3) is 0.385. The van der Waals surface area contributed by atoms with E-state index in [2.05, 4.69) is 5.32 Å². The summed E-state index contributed by atoms with van der Waals surface area (Å²) in [4.78, 5) is 10.4. The van der Waals surface area contributed by atoms with Gasteiger partial charge in [-0.3, -0.25) is 10.1 Å². The van der Waals surface area contributed by atoms with Crippen molar-refractivity contribution < 1.29 is 9.66 Å². The standard InChI is InChI=1S/C13H17ClN2O3/c1-10(2)15-9-11-4-5-12(16(17)18)13(8-11)19-7-3-6-14/h3-6,8,10,15H,7,9H2,1-2H3. The smallest absolute Gasteiger partial charge is 0.310 e. The van der Waals surface area contributed by atoms with Crippen LogP contribution in [-0.4, -0.2) is 17.6 Å². The summed E-state index contributed by atoms with van der Waals surface area (Å²) in [5.41, 5.74) is 2.20. The molecule has 0 fully saturated rings. The van der Waals surface area contributed by atoms with Crippen LogP contribution in [0.4, 0.5) is 5.69 Å². The zero-order valence-electron chi connectivity index (χ0n) is 10.9. The van der Waals surface area contributed by atoms with E-state index < -0.39 is 4.92 Å². The highest BCUT2D eigenvalue weighted by atomic mass is 35.5. The molecule has 1 N–H and O–H groups in total. The van der Waals surface area contributed by atoms with Crippen molar-refractivity contribution >= 4 is 17.3 Å². The maximum Gasteiger partial charge on any atom is 0.310 e. The Balaban J connectivity index is 2.87. The molecule has 0 unspecified atom stereocenters. The molecule has 6 heteroatoms. The van der Waals surface area contributed by atoms with E-state index in [9.17, 15) is 10.1 Å². The lowest BCUT2D eigenvalue weighted by atomic mass is 10.2. The fourth-order valence-electron chi connectivity index (χ4n) is 1.43. The van der Waals surface area contributed by atoms with Gasteiger partial charge in [-0.1, -0.05) is 31.5 Å². The Morgan fingerprint density at radius 3 is 2.84 bits per heavy atom. The van der Waals surface area contributed by atoms with Crippen LogP contribution in [0.5, 0.6) is 5.75 Å². The second-order valence-electron chi connectivity index (χ2n) is 4.27. The summed E-state index contributed by atoms with van der Waals surface area (Å²) < 4.78 is 5.35. The number of hydrogen-bond donors (Lipinski definition) is 1. The highest BCUT2D eigenvalue weighted by molar-refractivity contribution is 6.25. The number of rotatable bonds is 7. The lowest BCUT2D eigenvalue weighted by molar-refractivity contribution is -0.385. The summed E-state index contributed by atoms with van der Waals surface area (Å²) in [6.45, 7) is 4.91. The molecular formula is C13H17ClN2O3. The second kappa shape index (κ2) is 7.76. The molecule has 0 atom stereocenters. The highest BCUT2D eigenvalue weighted by Gasteiger charge is 2.15. The van der Waals surface area contributed by atoms with Crippen molar-refractivity contribution in [2.24, 2.45) is 0 Å². The molecule has 0 aliphatic rings. The van der Waals surface area contributed by atoms with Crippen molar-refractivity contribution in [3.8, 4) is 5.75 Å². The van der Waals surface area contributed by atoms with Crippen LogP contribution in [0, 0.1) is 10.1 Å². The van der Waals surface area contributed by atoms with Crippen LogP contribution < -0.4 is 10.1 Å². The summed E-state index contributed by atoms with van der Waals surface area (Å²) in [6.07, 6.45) is 1.57. The average Bonchev–Trinajstić information content (AvgIpc) is 2.36. The normalized spacial score (nSPS) is 11.2. The van der Waals surface area contributed by atoms with Gasteiger partial charge in [-0.25, -0.2) is 0 Å². The Hall–Kier alpha value is -1.59. The predicted octanol–water partition coefficient (Wildman–Crippen LogP) is 3.22. The van der Waals surface area contributed by atoms with Gasteiger partial charge in [0.25, 0.3) is 0 Å². The van der Waals surface area contributed by atoms with Crippen LogP contribution in [0.2, 0.25) is 0 Å². The number of hydrogen-bond acceptors (Lipinski definition) is 4. The third-order valence-electron chi connectivity index (χ3n) is 2.36. The first kappa shape index (κ1) is 15.5. The summed E-state index contributed by atoms with van der Waals surface area (Å²) in [6, 6.07) is 5.20. The van der Waals surface area contributed by atoms with Gasteiger partial charge in [-0.05, 0) is 17.7 Å². The van der Waals surface area contributed by atoms with Gasteiger partial charge in [0.15, 0.2) is 5.75 Å². The zero-order chi connectivity index (χ0) is 14.3. The number of nitro groups is 1. The average molecular weight is 285 g/mol. The Kier molecular flexibility index (Phi) is 6.32. The van der Waals surface area contributed by atoms with Crippen molar-refractivity contribution in [2.75, 3.05) is 6.61 Å². The predicted molar refractivity (Wildman–Crippen MR) is 75.6 cm³/mol. The van der Waals surface area contributed by atoms with E-state index in [0.29, 0.717) is 12.6 Å². The minimum absolute atomic E-state index is 0.0451. The highest BCUT2D eigenvalue weighted by Crippen LogP contribution is 2.28. The van der Waals surface area contributed by atoms with Gasteiger partial charge < -0.3 is 10.1 Å². The van der Waals surface area contributed by atoms with Crippen molar-refractivity contribution in [1.29, 1.82) is 0 Å². The maximum absolute atomic E-state index is 10.9. The first-order valence-corrected chi connectivity index (χ1v) is 6.37. The Bertz CT molecular complexity index is 461. The van der Waals surface area contributed by atoms with Gasteiger partial charge in [0.1, 0.15) is 6.61 Å². The Labute approximate surface area is 117 Å². The molecule has 0 aromatic heterocycles. The number of nitrogens with one attached hydrogen (secondary N) is 1. The Morgan fingerprint density at radius 1 is 1.53 bits per heavy atom. The summed E-state index contributed by atoms with van der Waals surface area (Å²) >= 11 is 5.38. The van der Waals surface area contributed by atoms with Crippen LogP contribution in [0.3, 0.4) is 0 Å². The van der Waals surface area contributed by atoms with Crippen LogP contribution >= 0.6 is 11.6 Å². The molecule has 19 heavy (non-hydrogen) atoms. The quantitative estimate of drug-likeness (QED) is 0.617. The molecule has 0 radical (unpaired) electrons. The topological polar surface area (TPSA) is 64.4 Å². The lowest BCUT2D eigenvalue weighted by Gasteiger charge is -2.10. The largest absolute Gasteiger partial charge is 0.483 e. The first-order valence-electron chi connectivity index (χ1n) is 5.93. The van der Waals surface area contributed by atoms with Gasteiger partial charge in [-0.15, -0.1) is 0 Å². The molecule has 0 bridgehead atoms. The number of nitrogens with zero attached hydrogens (tertiary/aromatic N) is 1. The van der Waals surface area contributed by atoms with Gasteiger partial charge in [-0.2, -0.15) is 0 Å². The number of halogens is 1. The number of nitro benzene ring substituents is 1. The summed E-state index contributed by atoms with van der Waals surface area (Å²) in [5.74, 6) is 0.253. The van der Waals surface area contributed by atoms with E-state index >= 15 is 0 Å². The molecule has 0 saturated heterocycles. The second-order valence-corrected chi connectivity index (χ2v) is 4.52. The minimum atomic E-state index is -0.459. The van der Waals surface area contributed by atoms with E-state index in [1.807, 2.05) is 13.8 Å². The van der Waals surface area contributed by atoms with Gasteiger partial charge in [0.2, 0.25) is 0 Å². The van der Waals surface area contributed by atoms with Crippen molar-refractivity contribution in [1.82, 2.24) is 5.32 Å². The molecule has 1 aromatic rings. The SMILES string of the molecule is CC(C)NCc1ccc([N+](=O)[O-])c(OCC=CCl)c1. The monoisotopic (exact) mass is 284 g/mol. The van der Waals surface area contributed by atoms with Crippen molar-refractivity contribution in [2.45, 2.75) is 26.4 Å². The van der Waals surface area contributed by atoms with Crippen LogP contribution in [0.25, 0.3) is 0 Å². The molecule has 0 spiro atoms. The van der Waals surface area contributed by atoms with E-state index in [4.69, 9.17) is 16.3 Å². The van der Waals surface area contributed by atoms with E-state index in [0.717, 1.165) is 5.56 Å². The molecule has 0 aliphatic carbocycles. The number of ether oxygens (including phenoxy) is 1. The lowest BCUT2D eigenvalue weighted by Crippen LogP contribution is -2.21. The van der Waals surface area contributed by atoms with Crippen molar-refractivity contribution in [3.63, 3.8) is 0 Å². The molecule has 0 amide bonds. The van der Waals surface area contributed by atoms with Gasteiger partial charge in [0, 0.05) is 24.2 Å². The molecule has 104 valence electrons. The minimum Gasteiger partial charge on any atom is -0.483 e. The third-order valence-corrected chi connectivity index (χ3v) is 2.54. The van der Waals surface area contributed by atoms with Gasteiger partial charge >= 0.3 is 5.69 Å². The van der Waals surface area contributed by atoms with E-state index in [1.54, 1.807) is 18.2 Å². The molecule has 0 aliphatic heterocycles. The molecule has 1 rings (SSSR count). The maximum atomic E-state index is 10.9. The molecular weight excluding hydrogens is 268 g/mol. The molecule has 5 nitrogen and oxygen atoms in total. The van der Waals surface area contributed by atoms with E-state index in [1.165, 1.54) is 11.6 Å². The number of benzene rings is 1. The fourth-order valence-corrected chi connectivity index (χ4v) is 1.50. The zero-order valence-corrected chi connectivity index (χ0v) is 11.7. The van der Waals surface area contributed by atoms with E-state index in [-0.39, 0.29) is 18.0 Å². The Morgan fingerprint density at radius 2 is 2.26 bits per heavy atom. The summed E-state index contributed by atoms with van der Waals surface area (Å²) in [5, 5.41) is 14.1. The van der Waals surface area contributed by atoms with Crippen LogP contribution in [-0.2, 0) is 6.54 Å². The molecule has 0 saturated carbocycles. The molecule has 1 aromatic carbocycles. The first-order chi connectivity index (χ1) is 9.04. The van der Waals surface area contributed by atoms with Crippen molar-refractivity contribution in [3.05, 3.63) is 45.5 Å². The molecule has 0 heterocycles. The summed E-state index contributed by atoms with van der Waals surface area (Å²) in [7, 11) is 0. The van der Waals surface area contributed by atoms with Gasteiger partial charge in [0.05, 0.1) is 4.92 Å². The van der Waals surface area contributed by atoms with Crippen LogP contribution in [0.15, 0.2) is 29.8 Å². The van der Waals surface area contributed by atoms with Crippen LogP contribution in [0.1, 0.15) is 19.4 Å².